The van der Waals surface area contributed by atoms with Gasteiger partial charge in [-0.05, 0) is 26.3 Å². The molecule has 0 aliphatic carbocycles. The van der Waals surface area contributed by atoms with Crippen molar-refractivity contribution in [3.8, 4) is 0 Å². The minimum atomic E-state index is -0.546. The Labute approximate surface area is 98.4 Å². The number of hydrogen-bond donors (Lipinski definition) is 1. The molecule has 0 bridgehead atoms. The van der Waals surface area contributed by atoms with Crippen molar-refractivity contribution in [1.29, 1.82) is 0 Å². The van der Waals surface area contributed by atoms with Crippen LogP contribution in [0.5, 0.6) is 0 Å². The molecule has 0 spiro atoms. The number of nitrogens with one attached hydrogen (secondary N) is 1. The second-order valence-electron chi connectivity index (χ2n) is 3.49. The third-order valence-corrected chi connectivity index (χ3v) is 2.34. The Morgan fingerprint density at radius 2 is 2.18 bits per heavy atom. The smallest absolute Gasteiger partial charge is 0.355 e. The number of aryl methyl sites for hydroxylation is 1. The van der Waals surface area contributed by atoms with Crippen molar-refractivity contribution < 1.29 is 14.5 Å². The molecular weight excluding hydrogens is 224 g/mol. The zero-order chi connectivity index (χ0) is 13.0. The van der Waals surface area contributed by atoms with Gasteiger partial charge in [0.1, 0.15) is 5.69 Å². The molecule has 0 atom stereocenters. The van der Waals surface area contributed by atoms with Gasteiger partial charge >= 0.3 is 5.97 Å². The van der Waals surface area contributed by atoms with Gasteiger partial charge in [0.15, 0.2) is 0 Å². The van der Waals surface area contributed by atoms with Crippen LogP contribution in [0.15, 0.2) is 6.20 Å². The van der Waals surface area contributed by atoms with Gasteiger partial charge in [-0.25, -0.2) is 4.79 Å². The van der Waals surface area contributed by atoms with Crippen LogP contribution in [0.3, 0.4) is 0 Å². The largest absolute Gasteiger partial charge is 0.461 e. The summed E-state index contributed by atoms with van der Waals surface area (Å²) < 4.78 is 4.87. The van der Waals surface area contributed by atoms with Gasteiger partial charge < -0.3 is 9.72 Å². The lowest BCUT2D eigenvalue weighted by Gasteiger charge is -1.99. The van der Waals surface area contributed by atoms with Crippen molar-refractivity contribution in [1.82, 2.24) is 4.98 Å². The minimum absolute atomic E-state index is 0.288. The van der Waals surface area contributed by atoms with E-state index >= 15 is 0 Å². The third kappa shape index (κ3) is 2.93. The summed E-state index contributed by atoms with van der Waals surface area (Å²) in [5.74, 6) is -0.450. The topological polar surface area (TPSA) is 85.2 Å². The van der Waals surface area contributed by atoms with Gasteiger partial charge in [0, 0.05) is 17.3 Å². The first-order valence-electron chi connectivity index (χ1n) is 5.15. The van der Waals surface area contributed by atoms with Crippen LogP contribution in [0.1, 0.15) is 34.2 Å². The molecule has 0 saturated heterocycles. The van der Waals surface area contributed by atoms with Gasteiger partial charge in [0.25, 0.3) is 0 Å². The van der Waals surface area contributed by atoms with Crippen LogP contribution in [0.25, 0.3) is 6.08 Å². The van der Waals surface area contributed by atoms with Crippen molar-refractivity contribution in [3.05, 3.63) is 38.8 Å². The van der Waals surface area contributed by atoms with E-state index in [9.17, 15) is 14.9 Å². The monoisotopic (exact) mass is 238 g/mol. The highest BCUT2D eigenvalue weighted by Crippen LogP contribution is 2.20. The maximum Gasteiger partial charge on any atom is 0.355 e. The van der Waals surface area contributed by atoms with Gasteiger partial charge in [-0.15, -0.1) is 0 Å². The fourth-order valence-corrected chi connectivity index (χ4v) is 1.56. The van der Waals surface area contributed by atoms with E-state index in [1.807, 2.05) is 0 Å². The number of carbonyl (C=O) groups excluding carboxylic acids is 1. The minimum Gasteiger partial charge on any atom is -0.461 e. The van der Waals surface area contributed by atoms with E-state index in [0.29, 0.717) is 22.5 Å². The average Bonchev–Trinajstić information content (AvgIpc) is 2.52. The first-order chi connectivity index (χ1) is 7.97. The number of esters is 1. The molecule has 6 heteroatoms. The number of nitrogens with zero attached hydrogens (tertiary/aromatic N) is 1. The second kappa shape index (κ2) is 5.29. The molecule has 92 valence electrons. The lowest BCUT2D eigenvalue weighted by atomic mass is 10.1. The number of nitro groups is 1. The number of H-pyrrole nitrogens is 1. The normalized spacial score (nSPS) is 10.8. The summed E-state index contributed by atoms with van der Waals surface area (Å²) in [7, 11) is 0. The summed E-state index contributed by atoms with van der Waals surface area (Å²) in [4.78, 5) is 24.1. The Kier molecular flexibility index (Phi) is 4.03. The second-order valence-corrected chi connectivity index (χ2v) is 3.49. The van der Waals surface area contributed by atoms with Crippen LogP contribution in [0, 0.1) is 24.0 Å². The van der Waals surface area contributed by atoms with Gasteiger partial charge in [0.05, 0.1) is 11.5 Å². The van der Waals surface area contributed by atoms with E-state index in [4.69, 9.17) is 4.74 Å². The summed E-state index contributed by atoms with van der Waals surface area (Å²) >= 11 is 0. The van der Waals surface area contributed by atoms with Crippen molar-refractivity contribution >= 4 is 12.0 Å². The van der Waals surface area contributed by atoms with Crippen molar-refractivity contribution in [2.45, 2.75) is 20.8 Å². The van der Waals surface area contributed by atoms with Crippen molar-refractivity contribution in [3.63, 3.8) is 0 Å². The average molecular weight is 238 g/mol. The maximum atomic E-state index is 11.6. The fourth-order valence-electron chi connectivity index (χ4n) is 1.56. The van der Waals surface area contributed by atoms with Crippen LogP contribution in [0.4, 0.5) is 0 Å². The molecule has 1 heterocycles. The fraction of sp³-hybridized carbons (Fsp3) is 0.364. The van der Waals surface area contributed by atoms with Crippen LogP contribution in [-0.4, -0.2) is 22.5 Å². The number of ether oxygens (including phenoxy) is 1. The molecule has 1 rings (SSSR count). The highest BCUT2D eigenvalue weighted by atomic mass is 16.6. The van der Waals surface area contributed by atoms with Crippen LogP contribution < -0.4 is 0 Å². The van der Waals surface area contributed by atoms with Gasteiger partial charge in [0.2, 0.25) is 6.20 Å². The summed E-state index contributed by atoms with van der Waals surface area (Å²) in [5, 5.41) is 10.3. The zero-order valence-electron chi connectivity index (χ0n) is 9.94. The molecular formula is C11H14N2O4. The quantitative estimate of drug-likeness (QED) is 0.494. The lowest BCUT2D eigenvalue weighted by Crippen LogP contribution is -2.06. The molecule has 0 unspecified atom stereocenters. The SMILES string of the molecule is CCOC(=O)c1[nH]c(C)c(/C=C/[N+](=O)[O-])c1C. The highest BCUT2D eigenvalue weighted by Gasteiger charge is 2.17. The summed E-state index contributed by atoms with van der Waals surface area (Å²) in [5.41, 5.74) is 2.33. The molecule has 6 nitrogen and oxygen atoms in total. The molecule has 0 radical (unpaired) electrons. The Morgan fingerprint density at radius 1 is 1.53 bits per heavy atom. The molecule has 0 aromatic carbocycles. The molecule has 1 aromatic heterocycles. The van der Waals surface area contributed by atoms with E-state index in [1.165, 1.54) is 6.08 Å². The summed E-state index contributed by atoms with van der Waals surface area (Å²) in [6, 6.07) is 0. The van der Waals surface area contributed by atoms with Gasteiger partial charge in [-0.2, -0.15) is 0 Å². The molecule has 0 amide bonds. The van der Waals surface area contributed by atoms with Gasteiger partial charge in [-0.3, -0.25) is 10.1 Å². The molecule has 1 N–H and O–H groups in total. The van der Waals surface area contributed by atoms with E-state index in [2.05, 4.69) is 4.98 Å². The van der Waals surface area contributed by atoms with Crippen molar-refractivity contribution in [2.75, 3.05) is 6.61 Å². The third-order valence-electron chi connectivity index (χ3n) is 2.34. The highest BCUT2D eigenvalue weighted by molar-refractivity contribution is 5.90. The molecule has 1 aromatic rings. The molecule has 0 fully saturated rings. The zero-order valence-corrected chi connectivity index (χ0v) is 9.94. The Balaban J connectivity index is 3.10. The Hall–Kier alpha value is -2.11. The number of aromatic nitrogens is 1. The van der Waals surface area contributed by atoms with E-state index in [-0.39, 0.29) is 6.61 Å². The number of hydrogen-bond acceptors (Lipinski definition) is 4. The number of rotatable bonds is 4. The van der Waals surface area contributed by atoms with E-state index < -0.39 is 10.9 Å². The van der Waals surface area contributed by atoms with Crippen LogP contribution in [-0.2, 0) is 4.74 Å². The van der Waals surface area contributed by atoms with E-state index in [0.717, 1.165) is 6.20 Å². The van der Waals surface area contributed by atoms with Crippen molar-refractivity contribution in [2.24, 2.45) is 0 Å². The molecule has 17 heavy (non-hydrogen) atoms. The number of carbonyl (C=O) groups is 1. The summed E-state index contributed by atoms with van der Waals surface area (Å²) in [6.45, 7) is 5.47. The predicted molar refractivity (Wildman–Crippen MR) is 62.3 cm³/mol. The molecule has 0 aliphatic rings. The molecule has 0 aliphatic heterocycles. The van der Waals surface area contributed by atoms with Crippen LogP contribution >= 0.6 is 0 Å². The first kappa shape index (κ1) is 13.0. The molecule has 0 saturated carbocycles. The summed E-state index contributed by atoms with van der Waals surface area (Å²) in [6.07, 6.45) is 2.21. The standard InChI is InChI=1S/C11H14N2O4/c1-4-17-11(14)10-7(2)9(8(3)12-10)5-6-13(15)16/h5-6,12H,4H2,1-3H3/b6-5+. The van der Waals surface area contributed by atoms with Gasteiger partial charge in [-0.1, -0.05) is 0 Å². The van der Waals surface area contributed by atoms with E-state index in [1.54, 1.807) is 20.8 Å². The predicted octanol–water partition coefficient (Wildman–Crippen LogP) is 2.06. The number of aromatic amines is 1. The van der Waals surface area contributed by atoms with Crippen LogP contribution in [0.2, 0.25) is 0 Å². The lowest BCUT2D eigenvalue weighted by molar-refractivity contribution is -0.400. The Bertz CT molecular complexity index is 474. The maximum absolute atomic E-state index is 11.6. The first-order valence-corrected chi connectivity index (χ1v) is 5.15. The Morgan fingerprint density at radius 3 is 2.71 bits per heavy atom.